The molecule has 0 N–H and O–H groups in total. The van der Waals surface area contributed by atoms with Crippen LogP contribution in [0, 0.1) is 0 Å². The SMILES string of the molecule is O=C([O-])C(F)(I)C(F)(F)F.[Na+]. The van der Waals surface area contributed by atoms with Gasteiger partial charge in [-0.25, -0.2) is 4.39 Å². The predicted octanol–water partition coefficient (Wildman–Crippen LogP) is -2.60. The molecule has 2 nitrogen and oxygen atoms in total. The molecule has 0 aliphatic heterocycles. The first-order chi connectivity index (χ1) is 4.19. The summed E-state index contributed by atoms with van der Waals surface area (Å²) in [7, 11) is 0. The molecule has 0 saturated carbocycles. The van der Waals surface area contributed by atoms with Gasteiger partial charge in [0.1, 0.15) is 0 Å². The fourth-order valence-electron chi connectivity index (χ4n) is 0.116. The molecule has 60 valence electrons. The molecule has 0 fully saturated rings. The monoisotopic (exact) mass is 294 g/mol. The maximum Gasteiger partial charge on any atom is 1.00 e. The van der Waals surface area contributed by atoms with Gasteiger partial charge in [-0.2, -0.15) is 13.2 Å². The maximum absolute atomic E-state index is 11.9. The largest absolute Gasteiger partial charge is 1.00 e. The Morgan fingerprint density at radius 3 is 1.55 bits per heavy atom. The van der Waals surface area contributed by atoms with Crippen LogP contribution in [0.15, 0.2) is 0 Å². The summed E-state index contributed by atoms with van der Waals surface area (Å²) in [6.07, 6.45) is -5.42. The van der Waals surface area contributed by atoms with Gasteiger partial charge in [-0.1, -0.05) is 0 Å². The minimum absolute atomic E-state index is 0. The molecule has 0 spiro atoms. The predicted molar refractivity (Wildman–Crippen MR) is 28.9 cm³/mol. The third kappa shape index (κ3) is 3.43. The van der Waals surface area contributed by atoms with Crippen LogP contribution in [-0.2, 0) is 4.79 Å². The van der Waals surface area contributed by atoms with Crippen molar-refractivity contribution in [3.63, 3.8) is 0 Å². The van der Waals surface area contributed by atoms with Gasteiger partial charge in [0.2, 0.25) is 0 Å². The molecular weight excluding hydrogens is 294 g/mol. The number of halogens is 5. The molecule has 0 aliphatic carbocycles. The normalized spacial score (nSPS) is 16.5. The zero-order valence-corrected chi connectivity index (χ0v) is 9.36. The third-order valence-corrected chi connectivity index (χ3v) is 1.66. The van der Waals surface area contributed by atoms with Crippen LogP contribution >= 0.6 is 22.6 Å². The van der Waals surface area contributed by atoms with Crippen molar-refractivity contribution in [2.24, 2.45) is 0 Å². The van der Waals surface area contributed by atoms with E-state index < -0.39 is 15.8 Å². The number of carboxylic acid groups (broad SMARTS) is 1. The van der Waals surface area contributed by atoms with Gasteiger partial charge < -0.3 is 9.90 Å². The zero-order valence-electron chi connectivity index (χ0n) is 5.21. The number of hydrogen-bond acceptors (Lipinski definition) is 2. The first-order valence-corrected chi connectivity index (χ1v) is 2.93. The summed E-state index contributed by atoms with van der Waals surface area (Å²) >= 11 is 0.119. The van der Waals surface area contributed by atoms with Gasteiger partial charge in [-0.05, 0) is 22.6 Å². The van der Waals surface area contributed by atoms with Crippen molar-refractivity contribution in [3.8, 4) is 0 Å². The number of alkyl halides is 5. The van der Waals surface area contributed by atoms with E-state index in [2.05, 4.69) is 0 Å². The van der Waals surface area contributed by atoms with E-state index in [1.54, 1.807) is 0 Å². The third-order valence-electron chi connectivity index (χ3n) is 0.612. The average Bonchev–Trinajstić information content (AvgIpc) is 1.62. The molecule has 0 aromatic heterocycles. The fraction of sp³-hybridized carbons (Fsp3) is 0.667. The van der Waals surface area contributed by atoms with Crippen LogP contribution in [0.1, 0.15) is 0 Å². The minimum atomic E-state index is -5.42. The second-order valence-corrected chi connectivity index (χ2v) is 2.85. The topological polar surface area (TPSA) is 40.1 Å². The summed E-state index contributed by atoms with van der Waals surface area (Å²) in [6.45, 7) is 0. The molecule has 0 aromatic carbocycles. The maximum atomic E-state index is 11.9. The first kappa shape index (κ1) is 14.4. The number of rotatable bonds is 1. The molecule has 0 amide bonds. The van der Waals surface area contributed by atoms with E-state index in [9.17, 15) is 27.5 Å². The van der Waals surface area contributed by atoms with Gasteiger partial charge in [0, 0.05) is 0 Å². The van der Waals surface area contributed by atoms with Crippen LogP contribution < -0.4 is 34.7 Å². The Labute approximate surface area is 94.8 Å². The molecule has 0 aliphatic rings. The summed E-state index contributed by atoms with van der Waals surface area (Å²) in [6, 6.07) is 0. The summed E-state index contributed by atoms with van der Waals surface area (Å²) in [5.74, 6) is -2.79. The first-order valence-electron chi connectivity index (χ1n) is 1.85. The van der Waals surface area contributed by atoms with E-state index in [4.69, 9.17) is 0 Å². The number of carbonyl (C=O) groups is 1. The van der Waals surface area contributed by atoms with Gasteiger partial charge in [0.05, 0.1) is 5.97 Å². The molecule has 0 bridgehead atoms. The molecule has 0 radical (unpaired) electrons. The van der Waals surface area contributed by atoms with Crippen molar-refractivity contribution in [2.75, 3.05) is 0 Å². The number of carbonyl (C=O) groups excluding carboxylic acids is 1. The summed E-state index contributed by atoms with van der Waals surface area (Å²) in [5.41, 5.74) is 0. The van der Waals surface area contributed by atoms with Gasteiger partial charge in [-0.15, -0.1) is 0 Å². The second-order valence-electron chi connectivity index (χ2n) is 1.36. The minimum Gasteiger partial charge on any atom is -0.545 e. The second kappa shape index (κ2) is 4.24. The molecule has 0 aromatic rings. The van der Waals surface area contributed by atoms with E-state index in [0.717, 1.165) is 0 Å². The standard InChI is InChI=1S/C3HF4IO2.Na/c4-2(8,1(9)10)3(5,6)7;/h(H,9,10);/q;+1/p-1. The van der Waals surface area contributed by atoms with Crippen molar-refractivity contribution in [2.45, 2.75) is 9.85 Å². The Kier molecular flexibility index (Phi) is 5.57. The van der Waals surface area contributed by atoms with E-state index in [1.807, 2.05) is 0 Å². The summed E-state index contributed by atoms with van der Waals surface area (Å²) in [5, 5.41) is 9.45. The van der Waals surface area contributed by atoms with E-state index in [-0.39, 0.29) is 52.1 Å². The molecule has 0 saturated heterocycles. The summed E-state index contributed by atoms with van der Waals surface area (Å²) in [4.78, 5) is 9.45. The van der Waals surface area contributed by atoms with Crippen molar-refractivity contribution in [1.29, 1.82) is 0 Å². The molecule has 8 heteroatoms. The van der Waals surface area contributed by atoms with Crippen molar-refractivity contribution in [3.05, 3.63) is 0 Å². The van der Waals surface area contributed by atoms with E-state index in [0.29, 0.717) is 0 Å². The van der Waals surface area contributed by atoms with Crippen LogP contribution in [0.3, 0.4) is 0 Å². The van der Waals surface area contributed by atoms with Gasteiger partial charge in [0.25, 0.3) is 3.68 Å². The van der Waals surface area contributed by atoms with Crippen LogP contribution in [0.25, 0.3) is 0 Å². The molecule has 1 atom stereocenters. The van der Waals surface area contributed by atoms with Crippen LogP contribution in [0.2, 0.25) is 0 Å². The van der Waals surface area contributed by atoms with E-state index in [1.165, 1.54) is 0 Å². The summed E-state index contributed by atoms with van der Waals surface area (Å²) < 4.78 is 41.5. The Hall–Kier alpha value is 0.920. The van der Waals surface area contributed by atoms with Gasteiger partial charge >= 0.3 is 35.7 Å². The molecule has 11 heavy (non-hydrogen) atoms. The Bertz CT molecular complexity index is 156. The number of carboxylic acids is 1. The van der Waals surface area contributed by atoms with Crippen molar-refractivity contribution >= 4 is 28.6 Å². The van der Waals surface area contributed by atoms with Crippen molar-refractivity contribution < 1.29 is 57.0 Å². The quantitative estimate of drug-likeness (QED) is 0.230. The Morgan fingerprint density at radius 1 is 1.27 bits per heavy atom. The van der Waals surface area contributed by atoms with Gasteiger partial charge in [-0.3, -0.25) is 0 Å². The Balaban J connectivity index is 0. The number of hydrogen-bond donors (Lipinski definition) is 0. The molecule has 0 rings (SSSR count). The Morgan fingerprint density at radius 2 is 1.55 bits per heavy atom. The van der Waals surface area contributed by atoms with E-state index >= 15 is 0 Å². The van der Waals surface area contributed by atoms with Crippen LogP contribution in [0.5, 0.6) is 0 Å². The van der Waals surface area contributed by atoms with Crippen molar-refractivity contribution in [1.82, 2.24) is 0 Å². The number of aliphatic carboxylic acids is 1. The smallest absolute Gasteiger partial charge is 0.545 e. The van der Waals surface area contributed by atoms with Gasteiger partial charge in [0.15, 0.2) is 0 Å². The fourth-order valence-corrected chi connectivity index (χ4v) is 0.116. The average molecular weight is 294 g/mol. The molecular formula is C3F4INaO2. The van der Waals surface area contributed by atoms with Crippen LogP contribution in [-0.4, -0.2) is 15.8 Å². The molecule has 1 unspecified atom stereocenters. The zero-order chi connectivity index (χ0) is 8.58. The molecule has 0 heterocycles. The van der Waals surface area contributed by atoms with Crippen LogP contribution in [0.4, 0.5) is 17.6 Å².